The van der Waals surface area contributed by atoms with E-state index in [0.29, 0.717) is 6.10 Å². The van der Waals surface area contributed by atoms with Crippen LogP contribution in [0.1, 0.15) is 26.2 Å². The van der Waals surface area contributed by atoms with E-state index in [9.17, 15) is 0 Å². The third-order valence-corrected chi connectivity index (χ3v) is 3.56. The molecule has 14 heavy (non-hydrogen) atoms. The molecule has 2 atom stereocenters. The van der Waals surface area contributed by atoms with Crippen LogP contribution in [-0.4, -0.2) is 43.1 Å². The van der Waals surface area contributed by atoms with Gasteiger partial charge in [0.05, 0.1) is 6.10 Å². The molecule has 1 aliphatic rings. The minimum atomic E-state index is 0.487. The fourth-order valence-electron chi connectivity index (χ4n) is 1.93. The van der Waals surface area contributed by atoms with Gasteiger partial charge in [0.2, 0.25) is 0 Å². The number of nitrogens with zero attached hydrogens (tertiary/aromatic N) is 1. The van der Waals surface area contributed by atoms with E-state index >= 15 is 0 Å². The summed E-state index contributed by atoms with van der Waals surface area (Å²) in [4.78, 5) is 2.53. The van der Waals surface area contributed by atoms with Crippen LogP contribution in [0.2, 0.25) is 0 Å². The first-order chi connectivity index (χ1) is 6.76. The highest BCUT2D eigenvalue weighted by atomic mass is 79.9. The molecule has 3 heteroatoms. The first-order valence-corrected chi connectivity index (χ1v) is 6.69. The lowest BCUT2D eigenvalue weighted by Gasteiger charge is -2.18. The standard InChI is InChI=1S/C11H22BrNO/c1-10(3-6-12)4-7-13-8-5-11(9-13)14-2/h10-11H,3-9H2,1-2H3. The molecule has 0 aromatic heterocycles. The number of alkyl halides is 1. The lowest BCUT2D eigenvalue weighted by molar-refractivity contribution is 0.107. The van der Waals surface area contributed by atoms with E-state index in [2.05, 4.69) is 27.8 Å². The van der Waals surface area contributed by atoms with Gasteiger partial charge < -0.3 is 9.64 Å². The van der Waals surface area contributed by atoms with Crippen LogP contribution in [-0.2, 0) is 4.74 Å². The number of methoxy groups -OCH3 is 1. The highest BCUT2D eigenvalue weighted by Crippen LogP contribution is 2.15. The summed E-state index contributed by atoms with van der Waals surface area (Å²) in [7, 11) is 1.82. The van der Waals surface area contributed by atoms with Crippen LogP contribution >= 0.6 is 15.9 Å². The van der Waals surface area contributed by atoms with Crippen LogP contribution in [0.5, 0.6) is 0 Å². The highest BCUT2D eigenvalue weighted by Gasteiger charge is 2.21. The Morgan fingerprint density at radius 3 is 2.86 bits per heavy atom. The molecule has 2 nitrogen and oxygen atoms in total. The van der Waals surface area contributed by atoms with Crippen molar-refractivity contribution < 1.29 is 4.74 Å². The number of halogens is 1. The third-order valence-electron chi connectivity index (χ3n) is 3.10. The fraction of sp³-hybridized carbons (Fsp3) is 1.00. The average Bonchev–Trinajstić information content (AvgIpc) is 2.63. The zero-order chi connectivity index (χ0) is 10.4. The summed E-state index contributed by atoms with van der Waals surface area (Å²) in [6, 6.07) is 0. The van der Waals surface area contributed by atoms with E-state index < -0.39 is 0 Å². The second-order valence-electron chi connectivity index (χ2n) is 4.32. The van der Waals surface area contributed by atoms with Gasteiger partial charge in [-0.3, -0.25) is 0 Å². The molecule has 1 aliphatic heterocycles. The highest BCUT2D eigenvalue weighted by molar-refractivity contribution is 9.09. The zero-order valence-electron chi connectivity index (χ0n) is 9.34. The van der Waals surface area contributed by atoms with Crippen molar-refractivity contribution >= 4 is 15.9 Å². The van der Waals surface area contributed by atoms with Gasteiger partial charge in [-0.15, -0.1) is 0 Å². The molecule has 0 aromatic rings. The molecule has 0 saturated carbocycles. The van der Waals surface area contributed by atoms with Gasteiger partial charge in [-0.2, -0.15) is 0 Å². The summed E-state index contributed by atoms with van der Waals surface area (Å²) in [6.45, 7) is 5.94. The quantitative estimate of drug-likeness (QED) is 0.683. The average molecular weight is 264 g/mol. The monoisotopic (exact) mass is 263 g/mol. The Hall–Kier alpha value is 0.400. The SMILES string of the molecule is COC1CCN(CCC(C)CCBr)C1. The maximum atomic E-state index is 5.35. The minimum absolute atomic E-state index is 0.487. The molecular weight excluding hydrogens is 242 g/mol. The molecule has 1 saturated heterocycles. The van der Waals surface area contributed by atoms with E-state index in [-0.39, 0.29) is 0 Å². The van der Waals surface area contributed by atoms with Crippen molar-refractivity contribution in [2.24, 2.45) is 5.92 Å². The van der Waals surface area contributed by atoms with Crippen molar-refractivity contribution in [1.29, 1.82) is 0 Å². The first kappa shape index (κ1) is 12.5. The van der Waals surface area contributed by atoms with Gasteiger partial charge in [0.25, 0.3) is 0 Å². The molecule has 0 spiro atoms. The van der Waals surface area contributed by atoms with Crippen LogP contribution in [0.15, 0.2) is 0 Å². The van der Waals surface area contributed by atoms with Crippen molar-refractivity contribution in [1.82, 2.24) is 4.90 Å². The number of ether oxygens (including phenoxy) is 1. The molecule has 0 amide bonds. The van der Waals surface area contributed by atoms with Gasteiger partial charge in [-0.1, -0.05) is 22.9 Å². The van der Waals surface area contributed by atoms with Crippen LogP contribution in [0.3, 0.4) is 0 Å². The Balaban J connectivity index is 2.07. The van der Waals surface area contributed by atoms with Crippen molar-refractivity contribution in [3.8, 4) is 0 Å². The van der Waals surface area contributed by atoms with Crippen LogP contribution in [0.4, 0.5) is 0 Å². The largest absolute Gasteiger partial charge is 0.380 e. The molecule has 0 radical (unpaired) electrons. The maximum Gasteiger partial charge on any atom is 0.0710 e. The second-order valence-corrected chi connectivity index (χ2v) is 5.11. The lowest BCUT2D eigenvalue weighted by Crippen LogP contribution is -2.25. The summed E-state index contributed by atoms with van der Waals surface area (Å²) in [5.41, 5.74) is 0. The van der Waals surface area contributed by atoms with Crippen molar-refractivity contribution in [3.63, 3.8) is 0 Å². The summed E-state index contributed by atoms with van der Waals surface area (Å²) < 4.78 is 5.35. The number of hydrogen-bond acceptors (Lipinski definition) is 2. The Morgan fingerprint density at radius 2 is 2.29 bits per heavy atom. The van der Waals surface area contributed by atoms with Gasteiger partial charge >= 0.3 is 0 Å². The topological polar surface area (TPSA) is 12.5 Å². The van der Waals surface area contributed by atoms with Gasteiger partial charge in [-0.05, 0) is 31.7 Å². The molecule has 2 unspecified atom stereocenters. The number of hydrogen-bond donors (Lipinski definition) is 0. The van der Waals surface area contributed by atoms with Gasteiger partial charge in [0, 0.05) is 25.5 Å². The second kappa shape index (κ2) is 6.81. The van der Waals surface area contributed by atoms with Crippen LogP contribution in [0, 0.1) is 5.92 Å². The zero-order valence-corrected chi connectivity index (χ0v) is 10.9. The summed E-state index contributed by atoms with van der Waals surface area (Å²) in [5.74, 6) is 0.843. The van der Waals surface area contributed by atoms with Gasteiger partial charge in [0.15, 0.2) is 0 Å². The van der Waals surface area contributed by atoms with Crippen LogP contribution < -0.4 is 0 Å². The summed E-state index contributed by atoms with van der Waals surface area (Å²) in [5, 5.41) is 1.13. The summed E-state index contributed by atoms with van der Waals surface area (Å²) >= 11 is 3.49. The third kappa shape index (κ3) is 4.28. The van der Waals surface area contributed by atoms with Crippen molar-refractivity contribution in [2.45, 2.75) is 32.3 Å². The van der Waals surface area contributed by atoms with E-state index in [4.69, 9.17) is 4.74 Å². The molecule has 0 aromatic carbocycles. The molecule has 0 N–H and O–H groups in total. The molecule has 1 heterocycles. The summed E-state index contributed by atoms with van der Waals surface area (Å²) in [6.07, 6.45) is 4.31. The fourth-order valence-corrected chi connectivity index (χ4v) is 2.71. The van der Waals surface area contributed by atoms with E-state index in [1.165, 1.54) is 32.4 Å². The molecule has 84 valence electrons. The molecule has 0 aliphatic carbocycles. The van der Waals surface area contributed by atoms with Gasteiger partial charge in [0.1, 0.15) is 0 Å². The molecule has 1 fully saturated rings. The Labute approximate surface area is 96.1 Å². The normalized spacial score (nSPS) is 25.5. The Morgan fingerprint density at radius 1 is 1.50 bits per heavy atom. The van der Waals surface area contributed by atoms with E-state index in [1.54, 1.807) is 0 Å². The van der Waals surface area contributed by atoms with Crippen LogP contribution in [0.25, 0.3) is 0 Å². The van der Waals surface area contributed by atoms with E-state index in [0.717, 1.165) is 17.8 Å². The maximum absolute atomic E-state index is 5.35. The number of rotatable bonds is 6. The molecular formula is C11H22BrNO. The number of likely N-dealkylation sites (tertiary alicyclic amines) is 1. The predicted octanol–water partition coefficient (Wildman–Crippen LogP) is 2.52. The lowest BCUT2D eigenvalue weighted by atomic mass is 10.1. The Bertz CT molecular complexity index is 154. The molecule has 0 bridgehead atoms. The molecule has 1 rings (SSSR count). The van der Waals surface area contributed by atoms with Gasteiger partial charge in [-0.25, -0.2) is 0 Å². The predicted molar refractivity (Wildman–Crippen MR) is 64.0 cm³/mol. The van der Waals surface area contributed by atoms with E-state index in [1.807, 2.05) is 7.11 Å². The smallest absolute Gasteiger partial charge is 0.0710 e. The minimum Gasteiger partial charge on any atom is -0.380 e. The first-order valence-electron chi connectivity index (χ1n) is 5.57. The van der Waals surface area contributed by atoms with Crippen molar-refractivity contribution in [3.05, 3.63) is 0 Å². The Kier molecular flexibility index (Phi) is 6.06. The van der Waals surface area contributed by atoms with Crippen molar-refractivity contribution in [2.75, 3.05) is 32.1 Å².